The average molecular weight is 248 g/mol. The molecular formula is C15H24N2O. The van der Waals surface area contributed by atoms with E-state index in [0.717, 1.165) is 6.61 Å². The predicted octanol–water partition coefficient (Wildman–Crippen LogP) is 3.26. The highest BCUT2D eigenvalue weighted by molar-refractivity contribution is 5.11. The first-order valence-corrected chi connectivity index (χ1v) is 7.12. The molecule has 2 fully saturated rings. The van der Waals surface area contributed by atoms with Gasteiger partial charge in [0, 0.05) is 24.9 Å². The summed E-state index contributed by atoms with van der Waals surface area (Å²) in [5, 5.41) is 4.29. The van der Waals surface area contributed by atoms with Crippen LogP contribution in [-0.2, 0) is 11.8 Å². The van der Waals surface area contributed by atoms with Gasteiger partial charge >= 0.3 is 0 Å². The van der Waals surface area contributed by atoms with Gasteiger partial charge in [-0.25, -0.2) is 0 Å². The molecule has 1 aromatic rings. The summed E-state index contributed by atoms with van der Waals surface area (Å²) in [7, 11) is 2.05. The summed E-state index contributed by atoms with van der Waals surface area (Å²) < 4.78 is 8.20. The van der Waals surface area contributed by atoms with Crippen molar-refractivity contribution in [2.24, 2.45) is 12.5 Å². The smallest absolute Gasteiger partial charge is 0.0689 e. The Labute approximate surface area is 110 Å². The number of hydrogen-bond acceptors (Lipinski definition) is 2. The van der Waals surface area contributed by atoms with Crippen molar-refractivity contribution in [3.63, 3.8) is 0 Å². The number of rotatable bonds is 1. The third kappa shape index (κ3) is 2.09. The molecule has 3 rings (SSSR count). The average Bonchev–Trinajstić information content (AvgIpc) is 2.85. The molecule has 1 saturated carbocycles. The molecule has 100 valence electrons. The second kappa shape index (κ2) is 4.09. The molecule has 1 aromatic heterocycles. The van der Waals surface area contributed by atoms with E-state index in [-0.39, 0.29) is 5.60 Å². The molecule has 0 amide bonds. The molecule has 0 radical (unpaired) electrons. The highest BCUT2D eigenvalue weighted by atomic mass is 16.5. The standard InChI is InChI=1S/C15H24N2O/c1-14(2)10-15(18-11-14)7-4-12(5-8-15)13-6-9-16-17(13)3/h6,9,12H,4-5,7-8,10-11H2,1-3H3. The molecule has 18 heavy (non-hydrogen) atoms. The molecule has 0 N–H and O–H groups in total. The first-order valence-electron chi connectivity index (χ1n) is 7.12. The zero-order valence-corrected chi connectivity index (χ0v) is 11.8. The topological polar surface area (TPSA) is 27.1 Å². The maximum absolute atomic E-state index is 6.17. The third-order valence-electron chi connectivity index (χ3n) is 4.74. The summed E-state index contributed by atoms with van der Waals surface area (Å²) in [6, 6.07) is 2.17. The molecule has 1 aliphatic heterocycles. The summed E-state index contributed by atoms with van der Waals surface area (Å²) >= 11 is 0. The molecule has 1 saturated heterocycles. The van der Waals surface area contributed by atoms with Crippen LogP contribution in [0.2, 0.25) is 0 Å². The van der Waals surface area contributed by atoms with Crippen LogP contribution in [-0.4, -0.2) is 22.0 Å². The third-order valence-corrected chi connectivity index (χ3v) is 4.74. The molecule has 0 atom stereocenters. The predicted molar refractivity (Wildman–Crippen MR) is 71.5 cm³/mol. The minimum atomic E-state index is 0.193. The van der Waals surface area contributed by atoms with Crippen LogP contribution in [0, 0.1) is 5.41 Å². The number of ether oxygens (including phenoxy) is 1. The number of aromatic nitrogens is 2. The van der Waals surface area contributed by atoms with E-state index in [9.17, 15) is 0 Å². The van der Waals surface area contributed by atoms with Crippen LogP contribution in [0.3, 0.4) is 0 Å². The molecule has 1 spiro atoms. The minimum Gasteiger partial charge on any atom is -0.374 e. The quantitative estimate of drug-likeness (QED) is 0.762. The van der Waals surface area contributed by atoms with E-state index in [0.29, 0.717) is 11.3 Å². The fraction of sp³-hybridized carbons (Fsp3) is 0.800. The Morgan fingerprint density at radius 2 is 2.06 bits per heavy atom. The lowest BCUT2D eigenvalue weighted by Crippen LogP contribution is -2.33. The van der Waals surface area contributed by atoms with Gasteiger partial charge in [-0.3, -0.25) is 4.68 Å². The van der Waals surface area contributed by atoms with Crippen LogP contribution in [0.15, 0.2) is 12.3 Å². The van der Waals surface area contributed by atoms with Crippen molar-refractivity contribution in [2.75, 3.05) is 6.61 Å². The largest absolute Gasteiger partial charge is 0.374 e. The zero-order chi connectivity index (χ0) is 12.8. The fourth-order valence-corrected chi connectivity index (χ4v) is 3.87. The van der Waals surface area contributed by atoms with E-state index in [1.807, 2.05) is 10.9 Å². The van der Waals surface area contributed by atoms with Crippen molar-refractivity contribution in [3.05, 3.63) is 18.0 Å². The van der Waals surface area contributed by atoms with Crippen molar-refractivity contribution in [1.82, 2.24) is 9.78 Å². The van der Waals surface area contributed by atoms with Gasteiger partial charge in [0.05, 0.1) is 12.2 Å². The normalized spacial score (nSPS) is 35.2. The van der Waals surface area contributed by atoms with Crippen LogP contribution in [0.4, 0.5) is 0 Å². The Morgan fingerprint density at radius 1 is 1.33 bits per heavy atom. The Bertz CT molecular complexity index is 427. The summed E-state index contributed by atoms with van der Waals surface area (Å²) in [6.07, 6.45) is 8.07. The van der Waals surface area contributed by atoms with Gasteiger partial charge in [0.25, 0.3) is 0 Å². The molecule has 0 bridgehead atoms. The second-order valence-corrected chi connectivity index (χ2v) is 6.97. The maximum atomic E-state index is 6.17. The van der Waals surface area contributed by atoms with E-state index < -0.39 is 0 Å². The van der Waals surface area contributed by atoms with Gasteiger partial charge < -0.3 is 4.74 Å². The van der Waals surface area contributed by atoms with Crippen LogP contribution >= 0.6 is 0 Å². The monoisotopic (exact) mass is 248 g/mol. The summed E-state index contributed by atoms with van der Waals surface area (Å²) in [4.78, 5) is 0. The molecule has 3 heteroatoms. The SMILES string of the molecule is Cn1nccc1C1CCC2(CC1)CC(C)(C)CO2. The molecule has 0 aromatic carbocycles. The zero-order valence-electron chi connectivity index (χ0n) is 11.8. The van der Waals surface area contributed by atoms with Crippen molar-refractivity contribution in [3.8, 4) is 0 Å². The van der Waals surface area contributed by atoms with Gasteiger partial charge in [-0.1, -0.05) is 13.8 Å². The van der Waals surface area contributed by atoms with Crippen LogP contribution in [0.1, 0.15) is 57.6 Å². The van der Waals surface area contributed by atoms with Gasteiger partial charge in [0.15, 0.2) is 0 Å². The lowest BCUT2D eigenvalue weighted by molar-refractivity contribution is -0.0297. The van der Waals surface area contributed by atoms with Gasteiger partial charge in [-0.2, -0.15) is 5.10 Å². The maximum Gasteiger partial charge on any atom is 0.0689 e. The fourth-order valence-electron chi connectivity index (χ4n) is 3.87. The Morgan fingerprint density at radius 3 is 2.56 bits per heavy atom. The molecular weight excluding hydrogens is 224 g/mol. The van der Waals surface area contributed by atoms with E-state index in [4.69, 9.17) is 4.74 Å². The van der Waals surface area contributed by atoms with E-state index in [1.54, 1.807) is 0 Å². The molecule has 0 unspecified atom stereocenters. The first kappa shape index (κ1) is 12.2. The number of nitrogens with zero attached hydrogens (tertiary/aromatic N) is 2. The molecule has 2 aliphatic rings. The number of hydrogen-bond donors (Lipinski definition) is 0. The Kier molecular flexibility index (Phi) is 2.77. The van der Waals surface area contributed by atoms with Crippen molar-refractivity contribution in [2.45, 2.75) is 57.5 Å². The molecule has 2 heterocycles. The van der Waals surface area contributed by atoms with Crippen molar-refractivity contribution < 1.29 is 4.74 Å². The molecule has 3 nitrogen and oxygen atoms in total. The number of aryl methyl sites for hydroxylation is 1. The lowest BCUT2D eigenvalue weighted by Gasteiger charge is -2.37. The summed E-state index contributed by atoms with van der Waals surface area (Å²) in [5.41, 5.74) is 1.96. The van der Waals surface area contributed by atoms with Crippen LogP contribution in [0.5, 0.6) is 0 Å². The molecule has 1 aliphatic carbocycles. The van der Waals surface area contributed by atoms with Crippen molar-refractivity contribution >= 4 is 0 Å². The van der Waals surface area contributed by atoms with Gasteiger partial charge in [-0.15, -0.1) is 0 Å². The van der Waals surface area contributed by atoms with Gasteiger partial charge in [0.1, 0.15) is 0 Å². The highest BCUT2D eigenvalue weighted by Gasteiger charge is 2.46. The minimum absolute atomic E-state index is 0.193. The Hall–Kier alpha value is -0.830. The second-order valence-electron chi connectivity index (χ2n) is 6.97. The van der Waals surface area contributed by atoms with Crippen molar-refractivity contribution in [1.29, 1.82) is 0 Å². The van der Waals surface area contributed by atoms with Gasteiger partial charge in [-0.05, 0) is 43.6 Å². The summed E-state index contributed by atoms with van der Waals surface area (Å²) in [5.74, 6) is 0.676. The van der Waals surface area contributed by atoms with E-state index in [2.05, 4.69) is 32.1 Å². The van der Waals surface area contributed by atoms with Crippen LogP contribution in [0.25, 0.3) is 0 Å². The summed E-state index contributed by atoms with van der Waals surface area (Å²) in [6.45, 7) is 5.59. The Balaban J connectivity index is 1.67. The van der Waals surface area contributed by atoms with E-state index in [1.165, 1.54) is 37.8 Å². The van der Waals surface area contributed by atoms with Crippen LogP contribution < -0.4 is 0 Å². The highest BCUT2D eigenvalue weighted by Crippen LogP contribution is 2.49. The van der Waals surface area contributed by atoms with Gasteiger partial charge in [0.2, 0.25) is 0 Å². The van der Waals surface area contributed by atoms with E-state index >= 15 is 0 Å². The first-order chi connectivity index (χ1) is 8.50. The lowest BCUT2D eigenvalue weighted by atomic mass is 9.72.